The summed E-state index contributed by atoms with van der Waals surface area (Å²) in [5.41, 5.74) is -0.0859. The summed E-state index contributed by atoms with van der Waals surface area (Å²) in [7, 11) is 0. The number of nitrogens with one attached hydrogen (secondary N) is 2. The van der Waals surface area contributed by atoms with Crippen molar-refractivity contribution in [2.75, 3.05) is 11.1 Å². The maximum atomic E-state index is 13.1. The van der Waals surface area contributed by atoms with E-state index in [-0.39, 0.29) is 22.8 Å². The molecular weight excluding hydrogens is 360 g/mol. The molecule has 1 aromatic carbocycles. The minimum Gasteiger partial charge on any atom is -0.506 e. The molecule has 124 valence electrons. The topological polar surface area (TPSA) is 95.1 Å². The maximum Gasteiger partial charge on any atom is 0.253 e. The minimum absolute atomic E-state index is 0.0240. The quantitative estimate of drug-likeness (QED) is 0.615. The summed E-state index contributed by atoms with van der Waals surface area (Å²) in [5, 5.41) is 12.1. The van der Waals surface area contributed by atoms with Gasteiger partial charge in [0.15, 0.2) is 21.6 Å². The summed E-state index contributed by atoms with van der Waals surface area (Å²) < 4.78 is 26.8. The van der Waals surface area contributed by atoms with Crippen LogP contribution < -0.4 is 10.9 Å². The molecule has 0 atom stereocenters. The van der Waals surface area contributed by atoms with Crippen LogP contribution in [0.2, 0.25) is 0 Å². The molecule has 0 aliphatic rings. The van der Waals surface area contributed by atoms with E-state index in [2.05, 4.69) is 15.3 Å². The van der Waals surface area contributed by atoms with Crippen LogP contribution in [0.25, 0.3) is 10.3 Å². The second kappa shape index (κ2) is 6.57. The summed E-state index contributed by atoms with van der Waals surface area (Å²) in [4.78, 5) is 29.7. The number of aromatic amines is 1. The minimum atomic E-state index is -1.05. The van der Waals surface area contributed by atoms with Gasteiger partial charge in [0, 0.05) is 17.8 Å². The number of pyridine rings is 1. The van der Waals surface area contributed by atoms with Crippen LogP contribution in [0.3, 0.4) is 0 Å². The van der Waals surface area contributed by atoms with Crippen LogP contribution in [-0.2, 0) is 4.79 Å². The number of nitrogens with zero attached hydrogens (tertiary/aromatic N) is 1. The van der Waals surface area contributed by atoms with E-state index in [1.54, 1.807) is 0 Å². The van der Waals surface area contributed by atoms with Crippen molar-refractivity contribution in [3.63, 3.8) is 0 Å². The van der Waals surface area contributed by atoms with E-state index in [1.165, 1.54) is 6.07 Å². The molecule has 0 aliphatic carbocycles. The number of aromatic nitrogens is 2. The van der Waals surface area contributed by atoms with E-state index in [1.807, 2.05) is 0 Å². The van der Waals surface area contributed by atoms with E-state index in [4.69, 9.17) is 0 Å². The van der Waals surface area contributed by atoms with Gasteiger partial charge in [-0.2, -0.15) is 0 Å². The number of hydrogen-bond donors (Lipinski definition) is 3. The smallest absolute Gasteiger partial charge is 0.253 e. The summed E-state index contributed by atoms with van der Waals surface area (Å²) in [6.07, 6.45) is 0. The van der Waals surface area contributed by atoms with Crippen LogP contribution in [0.1, 0.15) is 0 Å². The number of carbonyl (C=O) groups is 1. The number of H-pyrrole nitrogens is 1. The number of thioether (sulfide) groups is 1. The first-order valence-electron chi connectivity index (χ1n) is 6.53. The van der Waals surface area contributed by atoms with Crippen molar-refractivity contribution in [2.45, 2.75) is 4.34 Å². The molecule has 0 fully saturated rings. The third kappa shape index (κ3) is 3.54. The van der Waals surface area contributed by atoms with Gasteiger partial charge in [-0.05, 0) is 12.1 Å². The van der Waals surface area contributed by atoms with Gasteiger partial charge < -0.3 is 15.4 Å². The zero-order chi connectivity index (χ0) is 17.3. The predicted molar refractivity (Wildman–Crippen MR) is 87.6 cm³/mol. The Morgan fingerprint density at radius 1 is 1.33 bits per heavy atom. The first-order chi connectivity index (χ1) is 11.4. The van der Waals surface area contributed by atoms with Crippen molar-refractivity contribution in [2.24, 2.45) is 0 Å². The monoisotopic (exact) mass is 369 g/mol. The highest BCUT2D eigenvalue weighted by molar-refractivity contribution is 8.01. The molecule has 0 spiro atoms. The molecule has 24 heavy (non-hydrogen) atoms. The predicted octanol–water partition coefficient (Wildman–Crippen LogP) is 2.70. The van der Waals surface area contributed by atoms with Crippen LogP contribution in [0, 0.1) is 11.6 Å². The van der Waals surface area contributed by atoms with Crippen molar-refractivity contribution < 1.29 is 18.7 Å². The number of anilines is 1. The molecule has 0 radical (unpaired) electrons. The lowest BCUT2D eigenvalue weighted by Gasteiger charge is -2.04. The number of aromatic hydroxyl groups is 1. The van der Waals surface area contributed by atoms with Crippen molar-refractivity contribution in [3.8, 4) is 5.75 Å². The Kier molecular flexibility index (Phi) is 4.49. The van der Waals surface area contributed by atoms with Crippen LogP contribution >= 0.6 is 23.1 Å². The summed E-state index contributed by atoms with van der Waals surface area (Å²) >= 11 is 2.22. The van der Waals surface area contributed by atoms with Gasteiger partial charge in [-0.3, -0.25) is 9.59 Å². The summed E-state index contributed by atoms with van der Waals surface area (Å²) in [6, 6.07) is 4.11. The van der Waals surface area contributed by atoms with Gasteiger partial charge in [-0.15, -0.1) is 11.3 Å². The van der Waals surface area contributed by atoms with E-state index >= 15 is 0 Å². The average Bonchev–Trinajstić information content (AvgIpc) is 2.92. The Morgan fingerprint density at radius 2 is 2.12 bits per heavy atom. The fraction of sp³-hybridized carbons (Fsp3) is 0.0714. The number of halogens is 2. The molecule has 10 heteroatoms. The Labute approximate surface area is 141 Å². The molecule has 3 N–H and O–H groups in total. The van der Waals surface area contributed by atoms with E-state index in [9.17, 15) is 23.5 Å². The van der Waals surface area contributed by atoms with Gasteiger partial charge in [-0.25, -0.2) is 13.8 Å². The molecule has 3 aromatic rings. The zero-order valence-electron chi connectivity index (χ0n) is 11.8. The lowest BCUT2D eigenvalue weighted by atomic mass is 10.3. The molecule has 1 amide bonds. The third-order valence-corrected chi connectivity index (χ3v) is 5.10. The van der Waals surface area contributed by atoms with Gasteiger partial charge in [0.25, 0.3) is 5.56 Å². The van der Waals surface area contributed by atoms with Gasteiger partial charge in [0.05, 0.1) is 5.75 Å². The lowest BCUT2D eigenvalue weighted by Crippen LogP contribution is -2.14. The number of benzene rings is 1. The fourth-order valence-corrected chi connectivity index (χ4v) is 3.67. The second-order valence-electron chi connectivity index (χ2n) is 4.64. The van der Waals surface area contributed by atoms with Gasteiger partial charge in [0.2, 0.25) is 5.91 Å². The number of hydrogen-bond acceptors (Lipinski definition) is 6. The van der Waals surface area contributed by atoms with Crippen molar-refractivity contribution >= 4 is 45.0 Å². The molecule has 6 nitrogen and oxygen atoms in total. The largest absolute Gasteiger partial charge is 0.506 e. The van der Waals surface area contributed by atoms with E-state index in [0.717, 1.165) is 41.3 Å². The third-order valence-electron chi connectivity index (χ3n) is 2.88. The first kappa shape index (κ1) is 16.4. The van der Waals surface area contributed by atoms with Crippen LogP contribution in [0.4, 0.5) is 14.5 Å². The van der Waals surface area contributed by atoms with Gasteiger partial charge in [0.1, 0.15) is 10.4 Å². The molecule has 0 saturated carbocycles. The summed E-state index contributed by atoms with van der Waals surface area (Å²) in [5.74, 6) is -2.67. The standard InChI is InChI=1S/C14H9F2N3O3S2/c15-7-2-1-6(3-8(7)16)17-11(22)5-23-14-19-13-12(24-14)9(20)4-10(21)18-13/h1-4H,5H2,(H,17,22)(H2,18,20,21). The highest BCUT2D eigenvalue weighted by Gasteiger charge is 2.12. The van der Waals surface area contributed by atoms with Crippen molar-refractivity contribution in [3.05, 3.63) is 46.3 Å². The average molecular weight is 369 g/mol. The highest BCUT2D eigenvalue weighted by atomic mass is 32.2. The lowest BCUT2D eigenvalue weighted by molar-refractivity contribution is -0.113. The Morgan fingerprint density at radius 3 is 2.88 bits per heavy atom. The van der Waals surface area contributed by atoms with E-state index in [0.29, 0.717) is 9.04 Å². The van der Waals surface area contributed by atoms with Gasteiger partial charge >= 0.3 is 0 Å². The molecule has 0 unspecified atom stereocenters. The molecule has 0 saturated heterocycles. The number of rotatable bonds is 4. The molecule has 0 bridgehead atoms. The molecule has 0 aliphatic heterocycles. The normalized spacial score (nSPS) is 10.9. The second-order valence-corrected chi connectivity index (χ2v) is 6.86. The summed E-state index contributed by atoms with van der Waals surface area (Å²) in [6.45, 7) is 0. The van der Waals surface area contributed by atoms with Crippen molar-refractivity contribution in [1.82, 2.24) is 9.97 Å². The van der Waals surface area contributed by atoms with Crippen LogP contribution in [0.15, 0.2) is 33.4 Å². The van der Waals surface area contributed by atoms with Crippen LogP contribution in [-0.4, -0.2) is 26.7 Å². The number of carbonyl (C=O) groups excluding carboxylic acids is 1. The fourth-order valence-electron chi connectivity index (χ4n) is 1.86. The van der Waals surface area contributed by atoms with Crippen molar-refractivity contribution in [1.29, 1.82) is 0 Å². The van der Waals surface area contributed by atoms with E-state index < -0.39 is 23.1 Å². The van der Waals surface area contributed by atoms with Crippen LogP contribution in [0.5, 0.6) is 5.75 Å². The maximum absolute atomic E-state index is 13.1. The van der Waals surface area contributed by atoms with Gasteiger partial charge in [-0.1, -0.05) is 11.8 Å². The first-order valence-corrected chi connectivity index (χ1v) is 8.33. The SMILES string of the molecule is O=C(CSc1nc2[nH]c(=O)cc(O)c2s1)Nc1ccc(F)c(F)c1. The Hall–Kier alpha value is -2.46. The molecular formula is C14H9F2N3O3S2. The molecule has 3 rings (SSSR count). The number of thiazole rings is 1. The molecule has 2 heterocycles. The zero-order valence-corrected chi connectivity index (χ0v) is 13.4. The Bertz CT molecular complexity index is 987. The molecule has 2 aromatic heterocycles. The highest BCUT2D eigenvalue weighted by Crippen LogP contribution is 2.32. The number of amides is 1. The Balaban J connectivity index is 1.66. The number of fused-ring (bicyclic) bond motifs is 1.